The zero-order valence-corrected chi connectivity index (χ0v) is 18.4. The summed E-state index contributed by atoms with van der Waals surface area (Å²) in [5.74, 6) is -0.760. The first-order valence-corrected chi connectivity index (χ1v) is 10.1. The summed E-state index contributed by atoms with van der Waals surface area (Å²) in [4.78, 5) is 51.4. The minimum atomic E-state index is -0.805. The highest BCUT2D eigenvalue weighted by Crippen LogP contribution is 2.25. The third-order valence-corrected chi connectivity index (χ3v) is 4.91. The summed E-state index contributed by atoms with van der Waals surface area (Å²) < 4.78 is 6.24. The molecule has 11 nitrogen and oxygen atoms in total. The van der Waals surface area contributed by atoms with Crippen molar-refractivity contribution in [3.8, 4) is 0 Å². The molecule has 0 bridgehead atoms. The number of H-pyrrole nitrogens is 1. The largest absolute Gasteiger partial charge is 0.383 e. The molecule has 0 aliphatic carbocycles. The number of unbranched alkanes of at least 4 members (excludes halogenated alkanes) is 1. The van der Waals surface area contributed by atoms with Crippen LogP contribution in [-0.2, 0) is 16.1 Å². The summed E-state index contributed by atoms with van der Waals surface area (Å²) in [5, 5.41) is 11.0. The van der Waals surface area contributed by atoms with Crippen LogP contribution in [0.2, 0.25) is 5.02 Å². The number of aromatic nitrogens is 2. The van der Waals surface area contributed by atoms with Gasteiger partial charge in [0.1, 0.15) is 10.8 Å². The van der Waals surface area contributed by atoms with Gasteiger partial charge in [0.25, 0.3) is 17.2 Å². The SMILES string of the molecule is CCCCn1c(N)c(N(CCOC)C(=O)/C=C/c2ccc(Cl)c([N+](=O)[O-])c2)c(=O)[nH]c1=O. The van der Waals surface area contributed by atoms with Gasteiger partial charge in [-0.05, 0) is 24.1 Å². The molecule has 0 spiro atoms. The van der Waals surface area contributed by atoms with Crippen LogP contribution in [-0.4, -0.2) is 40.6 Å². The van der Waals surface area contributed by atoms with Crippen LogP contribution in [0.4, 0.5) is 17.2 Å². The van der Waals surface area contributed by atoms with E-state index in [1.165, 1.54) is 36.0 Å². The first-order valence-electron chi connectivity index (χ1n) is 9.76. The molecule has 32 heavy (non-hydrogen) atoms. The number of rotatable bonds is 10. The Kier molecular flexibility index (Phi) is 8.73. The molecule has 0 aliphatic heterocycles. The van der Waals surface area contributed by atoms with E-state index >= 15 is 0 Å². The molecule has 12 heteroatoms. The number of ether oxygens (including phenoxy) is 1. The average Bonchev–Trinajstić information content (AvgIpc) is 2.74. The summed E-state index contributed by atoms with van der Waals surface area (Å²) >= 11 is 5.81. The number of nitro groups is 1. The number of hydrogen-bond donors (Lipinski definition) is 2. The zero-order chi connectivity index (χ0) is 23.8. The van der Waals surface area contributed by atoms with E-state index in [0.29, 0.717) is 12.0 Å². The fraction of sp³-hybridized carbons (Fsp3) is 0.350. The van der Waals surface area contributed by atoms with E-state index in [0.717, 1.165) is 17.4 Å². The van der Waals surface area contributed by atoms with Gasteiger partial charge in [0, 0.05) is 32.3 Å². The molecular weight excluding hydrogens is 442 g/mol. The molecule has 0 unspecified atom stereocenters. The van der Waals surface area contributed by atoms with Crippen LogP contribution in [0.5, 0.6) is 0 Å². The van der Waals surface area contributed by atoms with Crippen LogP contribution in [0, 0.1) is 10.1 Å². The number of nitrogens with zero attached hydrogens (tertiary/aromatic N) is 3. The molecule has 0 atom stereocenters. The van der Waals surface area contributed by atoms with Crippen molar-refractivity contribution in [2.24, 2.45) is 0 Å². The number of nitro benzene ring substituents is 1. The maximum Gasteiger partial charge on any atom is 0.330 e. The lowest BCUT2D eigenvalue weighted by atomic mass is 10.2. The van der Waals surface area contributed by atoms with Gasteiger partial charge in [0.05, 0.1) is 11.5 Å². The maximum absolute atomic E-state index is 13.0. The van der Waals surface area contributed by atoms with E-state index < -0.39 is 22.1 Å². The third-order valence-electron chi connectivity index (χ3n) is 4.59. The molecule has 1 amide bonds. The van der Waals surface area contributed by atoms with E-state index in [-0.39, 0.29) is 41.9 Å². The summed E-state index contributed by atoms with van der Waals surface area (Å²) in [5.41, 5.74) is 4.52. The van der Waals surface area contributed by atoms with Gasteiger partial charge in [-0.2, -0.15) is 0 Å². The molecule has 2 rings (SSSR count). The molecule has 3 N–H and O–H groups in total. The molecule has 0 fully saturated rings. The van der Waals surface area contributed by atoms with Crippen LogP contribution >= 0.6 is 11.6 Å². The second kappa shape index (κ2) is 11.3. The van der Waals surface area contributed by atoms with E-state index in [9.17, 15) is 24.5 Å². The van der Waals surface area contributed by atoms with Gasteiger partial charge in [-0.1, -0.05) is 31.0 Å². The Morgan fingerprint density at radius 2 is 2.12 bits per heavy atom. The minimum Gasteiger partial charge on any atom is -0.383 e. The Morgan fingerprint density at radius 3 is 2.75 bits per heavy atom. The Labute approximate surface area is 188 Å². The van der Waals surface area contributed by atoms with Crippen molar-refractivity contribution in [1.82, 2.24) is 9.55 Å². The Balaban J connectivity index is 2.46. The molecule has 0 aliphatic rings. The van der Waals surface area contributed by atoms with E-state index in [2.05, 4.69) is 4.98 Å². The second-order valence-electron chi connectivity index (χ2n) is 6.78. The van der Waals surface area contributed by atoms with Crippen LogP contribution in [0.1, 0.15) is 25.3 Å². The van der Waals surface area contributed by atoms with Gasteiger partial charge in [-0.15, -0.1) is 0 Å². The number of nitrogens with two attached hydrogens (primary N) is 1. The zero-order valence-electron chi connectivity index (χ0n) is 17.7. The summed E-state index contributed by atoms with van der Waals surface area (Å²) in [6, 6.07) is 4.07. The number of nitrogens with one attached hydrogen (secondary N) is 1. The van der Waals surface area contributed by atoms with Crippen molar-refractivity contribution < 1.29 is 14.5 Å². The molecule has 0 saturated heterocycles. The van der Waals surface area contributed by atoms with Gasteiger partial charge in [-0.25, -0.2) is 4.79 Å². The van der Waals surface area contributed by atoms with Gasteiger partial charge in [0.2, 0.25) is 0 Å². The van der Waals surface area contributed by atoms with Crippen LogP contribution < -0.4 is 21.9 Å². The van der Waals surface area contributed by atoms with Crippen LogP contribution in [0.15, 0.2) is 33.9 Å². The lowest BCUT2D eigenvalue weighted by molar-refractivity contribution is -0.384. The first-order chi connectivity index (χ1) is 15.2. The molecule has 172 valence electrons. The fourth-order valence-corrected chi connectivity index (χ4v) is 3.11. The molecule has 1 heterocycles. The lowest BCUT2D eigenvalue weighted by Crippen LogP contribution is -2.42. The third kappa shape index (κ3) is 5.83. The lowest BCUT2D eigenvalue weighted by Gasteiger charge is -2.23. The maximum atomic E-state index is 13.0. The van der Waals surface area contributed by atoms with E-state index in [1.54, 1.807) is 0 Å². The first kappa shape index (κ1) is 24.8. The van der Waals surface area contributed by atoms with Crippen molar-refractivity contribution in [3.05, 3.63) is 65.8 Å². The number of benzene rings is 1. The number of halogens is 1. The minimum absolute atomic E-state index is 0.0142. The van der Waals surface area contributed by atoms with Gasteiger partial charge < -0.3 is 10.5 Å². The average molecular weight is 466 g/mol. The van der Waals surface area contributed by atoms with Crippen molar-refractivity contribution in [2.45, 2.75) is 26.3 Å². The number of methoxy groups -OCH3 is 1. The molecule has 2 aromatic rings. The Bertz CT molecular complexity index is 1140. The number of nitrogen functional groups attached to an aromatic ring is 1. The number of carbonyl (C=O) groups is 1. The Hall–Kier alpha value is -3.44. The quantitative estimate of drug-likeness (QED) is 0.309. The normalized spacial score (nSPS) is 11.1. The van der Waals surface area contributed by atoms with Crippen LogP contribution in [0.3, 0.4) is 0 Å². The molecular formula is C20H24ClN5O6. The Morgan fingerprint density at radius 1 is 1.41 bits per heavy atom. The monoisotopic (exact) mass is 465 g/mol. The highest BCUT2D eigenvalue weighted by molar-refractivity contribution is 6.32. The predicted octanol–water partition coefficient (Wildman–Crippen LogP) is 2.17. The number of anilines is 2. The molecule has 1 aromatic carbocycles. The van der Waals surface area contributed by atoms with Crippen molar-refractivity contribution in [3.63, 3.8) is 0 Å². The topological polar surface area (TPSA) is 154 Å². The van der Waals surface area contributed by atoms with Crippen molar-refractivity contribution in [2.75, 3.05) is 30.9 Å². The van der Waals surface area contributed by atoms with Gasteiger partial charge in [0.15, 0.2) is 5.69 Å². The highest BCUT2D eigenvalue weighted by atomic mass is 35.5. The van der Waals surface area contributed by atoms with Crippen molar-refractivity contribution >= 4 is 40.8 Å². The van der Waals surface area contributed by atoms with Gasteiger partial charge in [-0.3, -0.25) is 34.2 Å². The summed E-state index contributed by atoms with van der Waals surface area (Å²) in [6.45, 7) is 2.30. The van der Waals surface area contributed by atoms with Crippen LogP contribution in [0.25, 0.3) is 6.08 Å². The van der Waals surface area contributed by atoms with E-state index in [4.69, 9.17) is 22.1 Å². The number of amides is 1. The summed E-state index contributed by atoms with van der Waals surface area (Å²) in [6.07, 6.45) is 3.94. The number of hydrogen-bond acceptors (Lipinski definition) is 7. The molecule has 0 saturated carbocycles. The predicted molar refractivity (Wildman–Crippen MR) is 122 cm³/mol. The molecule has 1 aromatic heterocycles. The van der Waals surface area contributed by atoms with Crippen molar-refractivity contribution in [1.29, 1.82) is 0 Å². The van der Waals surface area contributed by atoms with Gasteiger partial charge >= 0.3 is 5.69 Å². The number of aromatic amines is 1. The second-order valence-corrected chi connectivity index (χ2v) is 7.19. The standard InChI is InChI=1S/C20H24ClN5O6/c1-3-4-9-25-18(22)17(19(28)23-20(25)29)24(10-11-32-2)16(27)8-6-13-5-7-14(21)15(12-13)26(30)31/h5-8,12H,3-4,9-11,22H2,1-2H3,(H,23,28,29)/b8-6+. The smallest absolute Gasteiger partial charge is 0.330 e. The number of carbonyl (C=O) groups excluding carboxylic acids is 1. The summed E-state index contributed by atoms with van der Waals surface area (Å²) in [7, 11) is 1.43. The highest BCUT2D eigenvalue weighted by Gasteiger charge is 2.23. The van der Waals surface area contributed by atoms with E-state index in [1.807, 2.05) is 6.92 Å². The molecule has 0 radical (unpaired) electrons. The fourth-order valence-electron chi connectivity index (χ4n) is 2.92.